The van der Waals surface area contributed by atoms with Gasteiger partial charge in [0.1, 0.15) is 18.1 Å². The molecule has 0 radical (unpaired) electrons. The van der Waals surface area contributed by atoms with Gasteiger partial charge in [-0.25, -0.2) is 9.48 Å². The number of alkyl halides is 4. The first kappa shape index (κ1) is 48.1. The Labute approximate surface area is 376 Å². The molecule has 8 atom stereocenters. The maximum absolute atomic E-state index is 16.2. The van der Waals surface area contributed by atoms with E-state index in [0.717, 1.165) is 30.6 Å². The standard InChI is InChI=1S/C46H60F4N5O7PS/c1-6-61-63(60,52-29(4)44(59)62-28(2)3)40(47)31-13-18-38-32(23-31)24-39(64-38)41(56)51-36-16-14-34(53(5)22-10-19-46(48,49)50)25-35-15-17-37(55(35)42(36)57)43(58)54-27-33(26-45(54)20-21-45)30-11-8-7-9-12-30/h7-9,11-13,18,23-24,28-29,33-37,40H,6,10,14-17,19-22,25-27H2,1-5H3,(H,51,56)(H,52,60)/t29-,33+,34-,35+,36-,37-,40+,63-/m0/s1. The highest BCUT2D eigenvalue weighted by molar-refractivity contribution is 7.57. The van der Waals surface area contributed by atoms with Crippen molar-refractivity contribution in [3.05, 3.63) is 70.6 Å². The molecular weight excluding hydrogens is 874 g/mol. The van der Waals surface area contributed by atoms with Crippen molar-refractivity contribution in [1.29, 1.82) is 0 Å². The third-order valence-corrected chi connectivity index (χ3v) is 16.7. The molecular formula is C46H60F4N5O7PS. The van der Waals surface area contributed by atoms with Crippen LogP contribution in [0.3, 0.4) is 0 Å². The normalized spacial score (nSPS) is 25.2. The van der Waals surface area contributed by atoms with Crippen molar-refractivity contribution in [1.82, 2.24) is 25.1 Å². The molecule has 18 heteroatoms. The second-order valence-electron chi connectivity index (χ2n) is 18.3. The predicted octanol–water partition coefficient (Wildman–Crippen LogP) is 8.86. The maximum Gasteiger partial charge on any atom is 0.389 e. The van der Waals surface area contributed by atoms with E-state index >= 15 is 4.39 Å². The third kappa shape index (κ3) is 10.7. The molecule has 7 rings (SSSR count). The number of ether oxygens (including phenoxy) is 1. The Hall–Kier alpha value is -3.89. The summed E-state index contributed by atoms with van der Waals surface area (Å²) in [5.41, 5.74) is 0.939. The lowest BCUT2D eigenvalue weighted by molar-refractivity contribution is -0.149. The van der Waals surface area contributed by atoms with Gasteiger partial charge in [0.15, 0.2) is 0 Å². The molecule has 1 aromatic heterocycles. The minimum absolute atomic E-state index is 0.00316. The smallest absolute Gasteiger partial charge is 0.389 e. The fraction of sp³-hybridized carbons (Fsp3) is 0.609. The number of hydrogen-bond donors (Lipinski definition) is 2. The Morgan fingerprint density at radius 1 is 1.03 bits per heavy atom. The van der Waals surface area contributed by atoms with Crippen LogP contribution < -0.4 is 10.4 Å². The number of benzene rings is 2. The van der Waals surface area contributed by atoms with Gasteiger partial charge in [0, 0.05) is 41.2 Å². The van der Waals surface area contributed by atoms with Crippen LogP contribution >= 0.6 is 18.9 Å². The quantitative estimate of drug-likeness (QED) is 0.0820. The second-order valence-corrected chi connectivity index (χ2v) is 21.5. The molecule has 1 spiro atoms. The van der Waals surface area contributed by atoms with Gasteiger partial charge < -0.3 is 29.3 Å². The molecule has 2 N–H and O–H groups in total. The van der Waals surface area contributed by atoms with Crippen LogP contribution in [0.1, 0.15) is 125 Å². The molecule has 1 saturated carbocycles. The van der Waals surface area contributed by atoms with Gasteiger partial charge in [-0.15, -0.1) is 11.3 Å². The molecule has 12 nitrogen and oxygen atoms in total. The third-order valence-electron chi connectivity index (χ3n) is 13.3. The summed E-state index contributed by atoms with van der Waals surface area (Å²) in [7, 11) is -2.51. The van der Waals surface area contributed by atoms with Crippen molar-refractivity contribution in [3.63, 3.8) is 0 Å². The van der Waals surface area contributed by atoms with E-state index < -0.39 is 62.1 Å². The minimum atomic E-state index is -4.31. The number of thiophene rings is 1. The van der Waals surface area contributed by atoms with Gasteiger partial charge in [-0.1, -0.05) is 36.4 Å². The van der Waals surface area contributed by atoms with Crippen molar-refractivity contribution in [2.24, 2.45) is 0 Å². The number of likely N-dealkylation sites (tertiary alicyclic amines) is 1. The van der Waals surface area contributed by atoms with Crippen LogP contribution in [0, 0.1) is 0 Å². The lowest BCUT2D eigenvalue weighted by atomic mass is 9.93. The number of halogens is 4. The molecule has 350 valence electrons. The van der Waals surface area contributed by atoms with Gasteiger partial charge in [-0.05, 0) is 134 Å². The molecule has 1 aliphatic carbocycles. The fourth-order valence-electron chi connectivity index (χ4n) is 9.91. The predicted molar refractivity (Wildman–Crippen MR) is 237 cm³/mol. The fourth-order valence-corrected chi connectivity index (χ4v) is 12.8. The molecule has 4 aliphatic rings. The van der Waals surface area contributed by atoms with Crippen molar-refractivity contribution in [2.75, 3.05) is 26.7 Å². The second kappa shape index (κ2) is 19.5. The summed E-state index contributed by atoms with van der Waals surface area (Å²) in [4.78, 5) is 62.0. The first-order chi connectivity index (χ1) is 30.3. The van der Waals surface area contributed by atoms with E-state index in [1.807, 2.05) is 28.0 Å². The first-order valence-corrected chi connectivity index (χ1v) is 25.0. The number of hydrogen-bond acceptors (Lipinski definition) is 9. The molecule has 3 aliphatic heterocycles. The van der Waals surface area contributed by atoms with Crippen LogP contribution in [0.4, 0.5) is 17.6 Å². The summed E-state index contributed by atoms with van der Waals surface area (Å²) in [6.07, 6.45) is -0.907. The molecule has 3 saturated heterocycles. The molecule has 3 amide bonds. The summed E-state index contributed by atoms with van der Waals surface area (Å²) in [5, 5.41) is 5.96. The molecule has 0 unspecified atom stereocenters. The highest BCUT2D eigenvalue weighted by Crippen LogP contribution is 2.58. The summed E-state index contributed by atoms with van der Waals surface area (Å²) < 4.78 is 80.7. The van der Waals surface area contributed by atoms with E-state index in [0.29, 0.717) is 42.3 Å². The van der Waals surface area contributed by atoms with E-state index in [4.69, 9.17) is 9.26 Å². The summed E-state index contributed by atoms with van der Waals surface area (Å²) in [6.45, 7) is 6.95. The highest BCUT2D eigenvalue weighted by atomic mass is 32.1. The van der Waals surface area contributed by atoms with Gasteiger partial charge in [-0.3, -0.25) is 23.7 Å². The Balaban J connectivity index is 1.11. The number of carbonyl (C=O) groups excluding carboxylic acids is 4. The monoisotopic (exact) mass is 933 g/mol. The van der Waals surface area contributed by atoms with E-state index in [1.54, 1.807) is 44.9 Å². The molecule has 2 aromatic carbocycles. The molecule has 4 heterocycles. The number of nitrogens with one attached hydrogen (secondary N) is 2. The van der Waals surface area contributed by atoms with Gasteiger partial charge in [0.05, 0.1) is 17.6 Å². The van der Waals surface area contributed by atoms with Crippen molar-refractivity contribution < 1.29 is 50.6 Å². The minimum Gasteiger partial charge on any atom is -0.462 e. The van der Waals surface area contributed by atoms with E-state index in [2.05, 4.69) is 22.5 Å². The lowest BCUT2D eigenvalue weighted by Crippen LogP contribution is -2.59. The number of fused-ring (bicyclic) bond motifs is 2. The Kier molecular flexibility index (Phi) is 14.7. The number of carbonyl (C=O) groups is 4. The Morgan fingerprint density at radius 3 is 2.44 bits per heavy atom. The van der Waals surface area contributed by atoms with E-state index in [9.17, 15) is 36.9 Å². The molecule has 0 bridgehead atoms. The zero-order chi connectivity index (χ0) is 46.1. The van der Waals surface area contributed by atoms with Crippen molar-refractivity contribution in [2.45, 2.75) is 152 Å². The summed E-state index contributed by atoms with van der Waals surface area (Å²) in [6, 6.07) is 12.8. The van der Waals surface area contributed by atoms with Crippen molar-refractivity contribution in [3.8, 4) is 0 Å². The maximum atomic E-state index is 16.2. The average Bonchev–Trinajstić information content (AvgIpc) is 3.52. The van der Waals surface area contributed by atoms with Gasteiger partial charge >= 0.3 is 19.7 Å². The SMILES string of the molecule is CCO[P@](=O)(N[C@@H](C)C(=O)OC(C)C)[C@@H](F)c1ccc2sc(C(=O)N[C@H]3CC[C@H](N(C)CCCC(F)(F)F)C[C@H]4CC[C@@H](C(=O)N5C[C@H](c6ccccc6)CC56CC6)N4C3=O)cc2c1. The van der Waals surface area contributed by atoms with Gasteiger partial charge in [0.25, 0.3) is 5.91 Å². The highest BCUT2D eigenvalue weighted by Gasteiger charge is 2.58. The van der Waals surface area contributed by atoms with Crippen LogP contribution in [0.2, 0.25) is 0 Å². The lowest BCUT2D eigenvalue weighted by Gasteiger charge is -2.41. The van der Waals surface area contributed by atoms with Crippen molar-refractivity contribution >= 4 is 52.6 Å². The van der Waals surface area contributed by atoms with Gasteiger partial charge in [-0.2, -0.15) is 13.2 Å². The van der Waals surface area contributed by atoms with Crippen LogP contribution in [0.25, 0.3) is 10.1 Å². The molecule has 64 heavy (non-hydrogen) atoms. The van der Waals surface area contributed by atoms with E-state index in [1.165, 1.54) is 24.6 Å². The topological polar surface area (TPSA) is 138 Å². The number of nitrogens with zero attached hydrogens (tertiary/aromatic N) is 3. The Morgan fingerprint density at radius 2 is 1.77 bits per heavy atom. The van der Waals surface area contributed by atoms with Gasteiger partial charge in [0.2, 0.25) is 17.7 Å². The zero-order valence-electron chi connectivity index (χ0n) is 37.1. The number of rotatable bonds is 16. The van der Waals surface area contributed by atoms with E-state index in [-0.39, 0.29) is 71.8 Å². The van der Waals surface area contributed by atoms with Crippen LogP contribution in [0.5, 0.6) is 0 Å². The summed E-state index contributed by atoms with van der Waals surface area (Å²) in [5.74, 6) is -3.70. The Bertz CT molecular complexity index is 2220. The first-order valence-electron chi connectivity index (χ1n) is 22.5. The van der Waals surface area contributed by atoms with Crippen LogP contribution in [-0.2, 0) is 28.2 Å². The molecule has 3 aromatic rings. The van der Waals surface area contributed by atoms with Crippen LogP contribution in [0.15, 0.2) is 54.6 Å². The zero-order valence-corrected chi connectivity index (χ0v) is 38.8. The summed E-state index contributed by atoms with van der Waals surface area (Å²) >= 11 is 1.13. The molecule has 4 fully saturated rings. The number of esters is 1. The van der Waals surface area contributed by atoms with Crippen LogP contribution in [-0.4, -0.2) is 113 Å². The number of amides is 3. The average molecular weight is 934 g/mol. The largest absolute Gasteiger partial charge is 0.462 e.